The Hall–Kier alpha value is -3.59. The SMILES string of the molecule is N#CC(=Cc1ccc2noc(-c3ccccc3)c2c1)C(=O)Nc1ccc(Cl)c(Cl)c1. The molecule has 1 heterocycles. The summed E-state index contributed by atoms with van der Waals surface area (Å²) in [6.07, 6.45) is 1.51. The van der Waals surface area contributed by atoms with Gasteiger partial charge in [-0.1, -0.05) is 64.8 Å². The van der Waals surface area contributed by atoms with Crippen molar-refractivity contribution in [3.05, 3.63) is 87.9 Å². The fourth-order valence-corrected chi connectivity index (χ4v) is 3.23. The summed E-state index contributed by atoms with van der Waals surface area (Å²) in [6, 6.07) is 21.6. The van der Waals surface area contributed by atoms with E-state index >= 15 is 0 Å². The Morgan fingerprint density at radius 1 is 1.03 bits per heavy atom. The Morgan fingerprint density at radius 3 is 2.57 bits per heavy atom. The highest BCUT2D eigenvalue weighted by Gasteiger charge is 2.13. The van der Waals surface area contributed by atoms with Gasteiger partial charge in [-0.05, 0) is 42.0 Å². The third-order valence-electron chi connectivity index (χ3n) is 4.39. The smallest absolute Gasteiger partial charge is 0.266 e. The van der Waals surface area contributed by atoms with Gasteiger partial charge in [0.15, 0.2) is 5.76 Å². The van der Waals surface area contributed by atoms with Crippen molar-refractivity contribution in [2.75, 3.05) is 5.32 Å². The van der Waals surface area contributed by atoms with E-state index in [0.29, 0.717) is 32.6 Å². The summed E-state index contributed by atoms with van der Waals surface area (Å²) in [5.41, 5.74) is 2.63. The second kappa shape index (κ2) is 8.42. The van der Waals surface area contributed by atoms with Crippen molar-refractivity contribution >= 4 is 51.8 Å². The molecule has 146 valence electrons. The van der Waals surface area contributed by atoms with Crippen LogP contribution in [0.15, 0.2) is 76.8 Å². The number of fused-ring (bicyclic) bond motifs is 1. The number of amides is 1. The van der Waals surface area contributed by atoms with Gasteiger partial charge in [0.1, 0.15) is 17.2 Å². The largest absolute Gasteiger partial charge is 0.355 e. The van der Waals surface area contributed by atoms with Crippen LogP contribution in [0.4, 0.5) is 5.69 Å². The van der Waals surface area contributed by atoms with E-state index in [4.69, 9.17) is 27.7 Å². The molecule has 0 atom stereocenters. The normalized spacial score (nSPS) is 11.3. The molecule has 5 nitrogen and oxygen atoms in total. The Bertz CT molecular complexity index is 1320. The number of hydrogen-bond donors (Lipinski definition) is 1. The maximum absolute atomic E-state index is 12.5. The summed E-state index contributed by atoms with van der Waals surface area (Å²) in [7, 11) is 0. The number of nitrogens with one attached hydrogen (secondary N) is 1. The minimum atomic E-state index is -0.551. The van der Waals surface area contributed by atoms with Crippen molar-refractivity contribution in [2.45, 2.75) is 0 Å². The molecule has 4 aromatic rings. The fourth-order valence-electron chi connectivity index (χ4n) is 2.93. The lowest BCUT2D eigenvalue weighted by molar-refractivity contribution is -0.112. The van der Waals surface area contributed by atoms with E-state index in [1.54, 1.807) is 24.3 Å². The van der Waals surface area contributed by atoms with Crippen LogP contribution in [0.1, 0.15) is 5.56 Å². The molecule has 4 rings (SSSR count). The average Bonchev–Trinajstić information content (AvgIpc) is 3.18. The van der Waals surface area contributed by atoms with E-state index in [-0.39, 0.29) is 5.57 Å². The molecule has 1 aromatic heterocycles. The maximum Gasteiger partial charge on any atom is 0.266 e. The first-order valence-electron chi connectivity index (χ1n) is 8.88. The molecule has 0 radical (unpaired) electrons. The highest BCUT2D eigenvalue weighted by atomic mass is 35.5. The van der Waals surface area contributed by atoms with E-state index in [1.807, 2.05) is 42.5 Å². The predicted molar refractivity (Wildman–Crippen MR) is 118 cm³/mol. The number of hydrogen-bond acceptors (Lipinski definition) is 4. The van der Waals surface area contributed by atoms with Crippen LogP contribution in [0, 0.1) is 11.3 Å². The van der Waals surface area contributed by atoms with Crippen molar-refractivity contribution in [1.29, 1.82) is 5.26 Å². The van der Waals surface area contributed by atoms with Crippen LogP contribution in [0.5, 0.6) is 0 Å². The molecule has 0 aliphatic rings. The van der Waals surface area contributed by atoms with E-state index in [0.717, 1.165) is 10.9 Å². The molecule has 0 spiro atoms. The zero-order valence-electron chi connectivity index (χ0n) is 15.4. The minimum Gasteiger partial charge on any atom is -0.355 e. The lowest BCUT2D eigenvalue weighted by atomic mass is 10.0. The van der Waals surface area contributed by atoms with Gasteiger partial charge in [0.05, 0.1) is 15.4 Å². The van der Waals surface area contributed by atoms with Gasteiger partial charge in [0.25, 0.3) is 5.91 Å². The summed E-state index contributed by atoms with van der Waals surface area (Å²) in [4.78, 5) is 12.5. The molecular weight excluding hydrogens is 421 g/mol. The molecule has 0 aliphatic carbocycles. The number of aromatic nitrogens is 1. The maximum atomic E-state index is 12.5. The Labute approximate surface area is 182 Å². The molecule has 7 heteroatoms. The first-order chi connectivity index (χ1) is 14.5. The Kier molecular flexibility index (Phi) is 5.53. The molecule has 0 aliphatic heterocycles. The second-order valence-electron chi connectivity index (χ2n) is 6.41. The first kappa shape index (κ1) is 19.7. The summed E-state index contributed by atoms with van der Waals surface area (Å²) < 4.78 is 5.50. The Morgan fingerprint density at radius 2 is 1.83 bits per heavy atom. The number of nitriles is 1. The van der Waals surface area contributed by atoms with E-state index in [2.05, 4.69) is 10.5 Å². The zero-order chi connectivity index (χ0) is 21.1. The summed E-state index contributed by atoms with van der Waals surface area (Å²) in [6.45, 7) is 0. The van der Waals surface area contributed by atoms with Crippen molar-refractivity contribution < 1.29 is 9.32 Å². The molecular formula is C23H13Cl2N3O2. The van der Waals surface area contributed by atoms with E-state index in [9.17, 15) is 10.1 Å². The molecule has 3 aromatic carbocycles. The molecule has 30 heavy (non-hydrogen) atoms. The monoisotopic (exact) mass is 433 g/mol. The Balaban J connectivity index is 1.65. The van der Waals surface area contributed by atoms with Gasteiger partial charge >= 0.3 is 0 Å². The van der Waals surface area contributed by atoms with Gasteiger partial charge in [-0.3, -0.25) is 4.79 Å². The van der Waals surface area contributed by atoms with Gasteiger partial charge < -0.3 is 9.84 Å². The third kappa shape index (κ3) is 4.06. The third-order valence-corrected chi connectivity index (χ3v) is 5.13. The first-order valence-corrected chi connectivity index (χ1v) is 9.64. The van der Waals surface area contributed by atoms with Crippen LogP contribution in [-0.2, 0) is 4.79 Å². The van der Waals surface area contributed by atoms with Crippen molar-refractivity contribution in [3.63, 3.8) is 0 Å². The second-order valence-corrected chi connectivity index (χ2v) is 7.22. The van der Waals surface area contributed by atoms with Crippen LogP contribution in [0.25, 0.3) is 28.3 Å². The van der Waals surface area contributed by atoms with Gasteiger partial charge in [0.2, 0.25) is 0 Å². The molecule has 0 fully saturated rings. The quantitative estimate of drug-likeness (QED) is 0.300. The molecule has 0 saturated carbocycles. The van der Waals surface area contributed by atoms with Gasteiger partial charge in [-0.2, -0.15) is 5.26 Å². The fraction of sp³-hybridized carbons (Fsp3) is 0. The van der Waals surface area contributed by atoms with Crippen LogP contribution in [0.3, 0.4) is 0 Å². The van der Waals surface area contributed by atoms with Crippen LogP contribution in [0.2, 0.25) is 10.0 Å². The van der Waals surface area contributed by atoms with Gasteiger partial charge in [0, 0.05) is 11.3 Å². The molecule has 1 amide bonds. The molecule has 0 bridgehead atoms. The number of anilines is 1. The van der Waals surface area contributed by atoms with Crippen LogP contribution < -0.4 is 5.32 Å². The molecule has 1 N–H and O–H groups in total. The number of carbonyl (C=O) groups excluding carboxylic acids is 1. The van der Waals surface area contributed by atoms with Crippen molar-refractivity contribution in [2.24, 2.45) is 0 Å². The molecule has 0 unspecified atom stereocenters. The number of carbonyl (C=O) groups is 1. The van der Waals surface area contributed by atoms with Crippen LogP contribution >= 0.6 is 23.2 Å². The van der Waals surface area contributed by atoms with E-state index < -0.39 is 5.91 Å². The van der Waals surface area contributed by atoms with Gasteiger partial charge in [-0.15, -0.1) is 0 Å². The number of nitrogens with zero attached hydrogens (tertiary/aromatic N) is 2. The lowest BCUT2D eigenvalue weighted by Crippen LogP contribution is -2.13. The summed E-state index contributed by atoms with van der Waals surface area (Å²) in [5, 5.41) is 17.7. The minimum absolute atomic E-state index is 0.0573. The topological polar surface area (TPSA) is 78.9 Å². The summed E-state index contributed by atoms with van der Waals surface area (Å²) in [5.74, 6) is 0.0733. The summed E-state index contributed by atoms with van der Waals surface area (Å²) >= 11 is 11.9. The van der Waals surface area contributed by atoms with Crippen molar-refractivity contribution in [3.8, 4) is 17.4 Å². The van der Waals surface area contributed by atoms with E-state index in [1.165, 1.54) is 12.1 Å². The standard InChI is InChI=1S/C23H13Cl2N3O2/c24-19-8-7-17(12-20(19)25)27-23(29)16(13-26)10-14-6-9-21-18(11-14)22(30-28-21)15-4-2-1-3-5-15/h1-12H,(H,27,29). The van der Waals surface area contributed by atoms with Crippen LogP contribution in [-0.4, -0.2) is 11.1 Å². The predicted octanol–water partition coefficient (Wildman–Crippen LogP) is 6.35. The van der Waals surface area contributed by atoms with Gasteiger partial charge in [-0.25, -0.2) is 0 Å². The zero-order valence-corrected chi connectivity index (χ0v) is 16.9. The average molecular weight is 434 g/mol. The number of benzene rings is 3. The van der Waals surface area contributed by atoms with Crippen molar-refractivity contribution in [1.82, 2.24) is 5.16 Å². The number of halogens is 2. The highest BCUT2D eigenvalue weighted by molar-refractivity contribution is 6.42. The highest BCUT2D eigenvalue weighted by Crippen LogP contribution is 2.30. The lowest BCUT2D eigenvalue weighted by Gasteiger charge is -2.05. The number of rotatable bonds is 4. The molecule has 0 saturated heterocycles.